The fourth-order valence-electron chi connectivity index (χ4n) is 8.05. The van der Waals surface area contributed by atoms with Crippen molar-refractivity contribution in [2.45, 2.75) is 0 Å². The van der Waals surface area contributed by atoms with E-state index in [0.29, 0.717) is 0 Å². The minimum Gasteiger partial charge on any atom is -0.310 e. The van der Waals surface area contributed by atoms with E-state index >= 15 is 0 Å². The third kappa shape index (κ3) is 5.49. The lowest BCUT2D eigenvalue weighted by Gasteiger charge is -2.27. The predicted molar refractivity (Wildman–Crippen MR) is 239 cm³/mol. The van der Waals surface area contributed by atoms with Crippen molar-refractivity contribution < 1.29 is 0 Å². The Morgan fingerprint density at radius 3 is 1.73 bits per heavy atom. The normalized spacial score (nSPS) is 11.6. The van der Waals surface area contributed by atoms with Crippen LogP contribution in [0.4, 0.5) is 17.1 Å². The second-order valence-corrected chi connectivity index (χ2v) is 16.0. The molecule has 9 aromatic carbocycles. The molecule has 0 atom stereocenters. The van der Waals surface area contributed by atoms with Gasteiger partial charge in [0.2, 0.25) is 0 Å². The number of hydrogen-bond donors (Lipinski definition) is 0. The first-order chi connectivity index (χ1) is 27.2. The van der Waals surface area contributed by atoms with Crippen molar-refractivity contribution in [3.8, 4) is 32.8 Å². The first-order valence-corrected chi connectivity index (χ1v) is 20.2. The molecular weight excluding hydrogens is 705 g/mol. The van der Waals surface area contributed by atoms with E-state index in [0.717, 1.165) is 33.1 Å². The average Bonchev–Trinajstić information content (AvgIpc) is 3.87. The Bertz CT molecular complexity index is 3200. The molecule has 0 aliphatic heterocycles. The van der Waals surface area contributed by atoms with Gasteiger partial charge < -0.3 is 4.90 Å². The Morgan fingerprint density at radius 2 is 0.945 bits per heavy atom. The number of fused-ring (bicyclic) bond motifs is 8. The molecule has 0 amide bonds. The summed E-state index contributed by atoms with van der Waals surface area (Å²) in [6, 6.07) is 70.5. The molecule has 11 aromatic rings. The highest BCUT2D eigenvalue weighted by Gasteiger charge is 2.20. The Kier molecular flexibility index (Phi) is 7.58. The molecule has 4 heteroatoms. The molecule has 2 heterocycles. The molecule has 0 N–H and O–H groups in total. The van der Waals surface area contributed by atoms with Gasteiger partial charge in [-0.1, -0.05) is 140 Å². The van der Waals surface area contributed by atoms with Gasteiger partial charge in [-0.15, -0.1) is 22.7 Å². The lowest BCUT2D eigenvalue weighted by molar-refractivity contribution is 1.30. The summed E-state index contributed by atoms with van der Waals surface area (Å²) in [5, 5.41) is 8.51. The predicted octanol–water partition coefficient (Wildman–Crippen LogP) is 15.4. The summed E-state index contributed by atoms with van der Waals surface area (Å²) in [5.74, 6) is 0. The van der Waals surface area contributed by atoms with Gasteiger partial charge in [-0.05, 0) is 93.0 Å². The average molecular weight is 737 g/mol. The summed E-state index contributed by atoms with van der Waals surface area (Å²) < 4.78 is 3.82. The summed E-state index contributed by atoms with van der Waals surface area (Å²) in [4.78, 5) is 7.56. The molecule has 0 aliphatic rings. The van der Waals surface area contributed by atoms with Gasteiger partial charge >= 0.3 is 0 Å². The lowest BCUT2D eigenvalue weighted by atomic mass is 9.93. The van der Waals surface area contributed by atoms with Crippen LogP contribution < -0.4 is 4.90 Å². The maximum absolute atomic E-state index is 5.12. The molecule has 0 spiro atoms. The van der Waals surface area contributed by atoms with Crippen LogP contribution in [0.5, 0.6) is 0 Å². The first kappa shape index (κ1) is 31.9. The van der Waals surface area contributed by atoms with Gasteiger partial charge in [-0.2, -0.15) is 0 Å². The van der Waals surface area contributed by atoms with Gasteiger partial charge in [-0.25, -0.2) is 4.98 Å². The van der Waals surface area contributed by atoms with E-state index in [1.54, 1.807) is 11.3 Å². The van der Waals surface area contributed by atoms with Crippen molar-refractivity contribution in [1.29, 1.82) is 0 Å². The van der Waals surface area contributed by atoms with Gasteiger partial charge in [0.15, 0.2) is 0 Å². The molecule has 0 radical (unpaired) electrons. The van der Waals surface area contributed by atoms with E-state index in [1.165, 1.54) is 68.7 Å². The standard InChI is InChI=1S/C51H32N2S2/c1-4-12-33(13-5-1)41-27-25-39(30-43(41)34-14-6-2-7-15-34)53(40-26-29-48-45(32-40)42-18-10-11-19-47(42)54-48)38-24-22-35-20-21-36-23-28-46-50(49(36)44(35)31-38)55-51(52-46)37-16-8-3-9-17-37/h1-32H. The van der Waals surface area contributed by atoms with E-state index in [2.05, 4.69) is 199 Å². The molecule has 2 aromatic heterocycles. The second-order valence-electron chi connectivity index (χ2n) is 13.9. The highest BCUT2D eigenvalue weighted by Crippen LogP contribution is 2.45. The largest absolute Gasteiger partial charge is 0.310 e. The summed E-state index contributed by atoms with van der Waals surface area (Å²) >= 11 is 3.64. The van der Waals surface area contributed by atoms with Crippen LogP contribution in [-0.4, -0.2) is 4.98 Å². The molecule has 0 saturated heterocycles. The number of thiazole rings is 1. The second kappa shape index (κ2) is 13.1. The molecule has 55 heavy (non-hydrogen) atoms. The smallest absolute Gasteiger partial charge is 0.124 e. The third-order valence-corrected chi connectivity index (χ3v) is 13.0. The zero-order valence-electron chi connectivity index (χ0n) is 29.7. The van der Waals surface area contributed by atoms with Crippen LogP contribution in [0.2, 0.25) is 0 Å². The molecular formula is C51H32N2S2. The number of thiophene rings is 1. The minimum atomic E-state index is 1.03. The number of benzene rings is 9. The zero-order valence-corrected chi connectivity index (χ0v) is 31.3. The van der Waals surface area contributed by atoms with Gasteiger partial charge in [0.25, 0.3) is 0 Å². The van der Waals surface area contributed by atoms with Crippen molar-refractivity contribution in [3.05, 3.63) is 194 Å². The molecule has 0 unspecified atom stereocenters. The Balaban J connectivity index is 1.17. The topological polar surface area (TPSA) is 16.1 Å². The van der Waals surface area contributed by atoms with E-state index in [-0.39, 0.29) is 0 Å². The third-order valence-electron chi connectivity index (χ3n) is 10.7. The molecule has 0 fully saturated rings. The number of anilines is 3. The van der Waals surface area contributed by atoms with Crippen molar-refractivity contribution in [2.75, 3.05) is 4.90 Å². The van der Waals surface area contributed by atoms with Gasteiger partial charge in [0, 0.05) is 48.2 Å². The molecule has 11 rings (SSSR count). The van der Waals surface area contributed by atoms with Crippen LogP contribution >= 0.6 is 22.7 Å². The summed E-state index contributed by atoms with van der Waals surface area (Å²) in [6.07, 6.45) is 0. The van der Waals surface area contributed by atoms with E-state index in [4.69, 9.17) is 4.98 Å². The number of hydrogen-bond acceptors (Lipinski definition) is 4. The minimum absolute atomic E-state index is 1.03. The molecule has 0 bridgehead atoms. The quantitative estimate of drug-likeness (QED) is 0.158. The molecule has 258 valence electrons. The van der Waals surface area contributed by atoms with Crippen LogP contribution in [0.1, 0.15) is 0 Å². The van der Waals surface area contributed by atoms with Crippen molar-refractivity contribution in [1.82, 2.24) is 4.98 Å². The summed E-state index contributed by atoms with van der Waals surface area (Å²) in [7, 11) is 0. The summed E-state index contributed by atoms with van der Waals surface area (Å²) in [5.41, 5.74) is 10.3. The van der Waals surface area contributed by atoms with Crippen LogP contribution in [0.25, 0.3) is 84.8 Å². The fraction of sp³-hybridized carbons (Fsp3) is 0. The lowest BCUT2D eigenvalue weighted by Crippen LogP contribution is -2.10. The maximum Gasteiger partial charge on any atom is 0.124 e. The number of aromatic nitrogens is 1. The zero-order chi connectivity index (χ0) is 36.3. The van der Waals surface area contributed by atoms with Crippen LogP contribution in [0.15, 0.2) is 194 Å². The monoisotopic (exact) mass is 736 g/mol. The summed E-state index contributed by atoms with van der Waals surface area (Å²) in [6.45, 7) is 0. The van der Waals surface area contributed by atoms with Crippen LogP contribution in [0.3, 0.4) is 0 Å². The van der Waals surface area contributed by atoms with Crippen LogP contribution in [0, 0.1) is 0 Å². The number of nitrogens with zero attached hydrogens (tertiary/aromatic N) is 2. The molecule has 0 saturated carbocycles. The Labute approximate surface area is 326 Å². The van der Waals surface area contributed by atoms with E-state index in [1.807, 2.05) is 11.3 Å². The van der Waals surface area contributed by atoms with Gasteiger partial charge in [0.1, 0.15) is 5.01 Å². The maximum atomic E-state index is 5.12. The van der Waals surface area contributed by atoms with Crippen molar-refractivity contribution >= 4 is 91.7 Å². The fourth-order valence-corrected chi connectivity index (χ4v) is 10.3. The van der Waals surface area contributed by atoms with E-state index in [9.17, 15) is 0 Å². The first-order valence-electron chi connectivity index (χ1n) is 18.5. The highest BCUT2D eigenvalue weighted by molar-refractivity contribution is 7.25. The SMILES string of the molecule is c1ccc(-c2nc3ccc4ccc5ccc(N(c6ccc(-c7ccccc7)c(-c7ccccc7)c6)c6ccc7sc8ccccc8c7c6)cc5c4c3s2)cc1. The molecule has 0 aliphatic carbocycles. The van der Waals surface area contributed by atoms with Crippen molar-refractivity contribution in [2.24, 2.45) is 0 Å². The Morgan fingerprint density at radius 1 is 0.382 bits per heavy atom. The van der Waals surface area contributed by atoms with Gasteiger partial charge in [-0.3, -0.25) is 0 Å². The van der Waals surface area contributed by atoms with Crippen LogP contribution in [-0.2, 0) is 0 Å². The number of rotatable bonds is 6. The van der Waals surface area contributed by atoms with E-state index < -0.39 is 0 Å². The van der Waals surface area contributed by atoms with Crippen molar-refractivity contribution in [3.63, 3.8) is 0 Å². The Hall–Kier alpha value is -6.59. The van der Waals surface area contributed by atoms with Gasteiger partial charge in [0.05, 0.1) is 10.2 Å². The highest BCUT2D eigenvalue weighted by atomic mass is 32.1. The molecule has 2 nitrogen and oxygen atoms in total.